The van der Waals surface area contributed by atoms with Crippen LogP contribution in [0.1, 0.15) is 10.4 Å². The van der Waals surface area contributed by atoms with Crippen LogP contribution in [0, 0.1) is 10.1 Å². The smallest absolute Gasteiger partial charge is 0.269 e. The molecule has 0 atom stereocenters. The van der Waals surface area contributed by atoms with E-state index < -0.39 is 10.8 Å². The maximum absolute atomic E-state index is 12.0. The molecule has 0 radical (unpaired) electrons. The zero-order valence-corrected chi connectivity index (χ0v) is 12.7. The van der Waals surface area contributed by atoms with E-state index in [9.17, 15) is 19.7 Å². The lowest BCUT2D eigenvalue weighted by Crippen LogP contribution is -2.13. The van der Waals surface area contributed by atoms with Crippen molar-refractivity contribution in [3.8, 4) is 0 Å². The summed E-state index contributed by atoms with van der Waals surface area (Å²) in [6.45, 7) is 0. The quantitative estimate of drug-likeness (QED) is 0.479. The molecular formula is C15H13N3O4S. The number of thioether (sulfide) groups is 1. The van der Waals surface area contributed by atoms with Crippen molar-refractivity contribution in [1.29, 1.82) is 0 Å². The fourth-order valence-corrected chi connectivity index (χ4v) is 2.36. The molecule has 2 aromatic rings. The van der Waals surface area contributed by atoms with Gasteiger partial charge in [-0.1, -0.05) is 0 Å². The van der Waals surface area contributed by atoms with Gasteiger partial charge < -0.3 is 11.1 Å². The number of nitrogens with two attached hydrogens (primary N) is 1. The molecule has 0 spiro atoms. The van der Waals surface area contributed by atoms with Crippen LogP contribution in [0.3, 0.4) is 0 Å². The normalized spacial score (nSPS) is 10.1. The Balaban J connectivity index is 1.99. The highest BCUT2D eigenvalue weighted by Crippen LogP contribution is 2.20. The monoisotopic (exact) mass is 331 g/mol. The highest BCUT2D eigenvalue weighted by atomic mass is 32.2. The number of hydrogen-bond donors (Lipinski definition) is 2. The van der Waals surface area contributed by atoms with Crippen molar-refractivity contribution in [1.82, 2.24) is 0 Å². The summed E-state index contributed by atoms with van der Waals surface area (Å²) in [5, 5.41) is 13.3. The number of carbonyl (C=O) groups is 2. The minimum Gasteiger partial charge on any atom is -0.369 e. The average molecular weight is 331 g/mol. The molecule has 0 aliphatic rings. The number of anilines is 1. The Hall–Kier alpha value is -2.87. The van der Waals surface area contributed by atoms with Gasteiger partial charge in [0.05, 0.1) is 10.7 Å². The molecule has 0 saturated carbocycles. The van der Waals surface area contributed by atoms with Gasteiger partial charge in [-0.3, -0.25) is 19.7 Å². The van der Waals surface area contributed by atoms with Crippen molar-refractivity contribution in [3.63, 3.8) is 0 Å². The molecule has 8 heteroatoms. The Morgan fingerprint density at radius 2 is 1.70 bits per heavy atom. The van der Waals surface area contributed by atoms with Crippen LogP contribution in [-0.2, 0) is 4.79 Å². The molecule has 0 saturated heterocycles. The van der Waals surface area contributed by atoms with E-state index in [-0.39, 0.29) is 17.3 Å². The molecule has 3 N–H and O–H groups in total. The maximum Gasteiger partial charge on any atom is 0.269 e. The number of benzene rings is 2. The number of nitro groups is 1. The fourth-order valence-electron chi connectivity index (χ4n) is 1.73. The molecule has 0 unspecified atom stereocenters. The number of nitro benzene ring substituents is 1. The van der Waals surface area contributed by atoms with Crippen molar-refractivity contribution < 1.29 is 14.5 Å². The van der Waals surface area contributed by atoms with E-state index in [1.165, 1.54) is 36.0 Å². The van der Waals surface area contributed by atoms with Crippen molar-refractivity contribution in [2.24, 2.45) is 5.73 Å². The number of primary amides is 1. The first kappa shape index (κ1) is 16.5. The van der Waals surface area contributed by atoms with E-state index in [4.69, 9.17) is 5.73 Å². The van der Waals surface area contributed by atoms with Crippen LogP contribution >= 0.6 is 11.8 Å². The van der Waals surface area contributed by atoms with Gasteiger partial charge in [0.25, 0.3) is 11.6 Å². The third-order valence-corrected chi connectivity index (χ3v) is 3.87. The lowest BCUT2D eigenvalue weighted by atomic mass is 10.2. The maximum atomic E-state index is 12.0. The van der Waals surface area contributed by atoms with Crippen LogP contribution in [-0.4, -0.2) is 22.5 Å². The Morgan fingerprint density at radius 1 is 1.09 bits per heavy atom. The third kappa shape index (κ3) is 4.82. The first-order valence-corrected chi connectivity index (χ1v) is 7.51. The number of amides is 2. The minimum absolute atomic E-state index is 0.0719. The summed E-state index contributed by atoms with van der Waals surface area (Å²) < 4.78 is 0. The molecule has 118 valence electrons. The number of nitrogens with zero attached hydrogens (tertiary/aromatic N) is 1. The molecule has 0 aliphatic heterocycles. The third-order valence-electron chi connectivity index (χ3n) is 2.83. The first-order valence-electron chi connectivity index (χ1n) is 6.52. The van der Waals surface area contributed by atoms with Crippen LogP contribution in [0.2, 0.25) is 0 Å². The van der Waals surface area contributed by atoms with Crippen LogP contribution in [0.5, 0.6) is 0 Å². The summed E-state index contributed by atoms with van der Waals surface area (Å²) in [7, 11) is 0. The Kier molecular flexibility index (Phi) is 5.32. The van der Waals surface area contributed by atoms with Gasteiger partial charge in [-0.25, -0.2) is 0 Å². The van der Waals surface area contributed by atoms with E-state index in [1.807, 2.05) is 0 Å². The van der Waals surface area contributed by atoms with Gasteiger partial charge in [0.1, 0.15) is 0 Å². The predicted molar refractivity (Wildman–Crippen MR) is 87.4 cm³/mol. The van der Waals surface area contributed by atoms with Crippen molar-refractivity contribution in [2.45, 2.75) is 4.90 Å². The molecule has 2 amide bonds. The van der Waals surface area contributed by atoms with E-state index in [0.29, 0.717) is 11.3 Å². The van der Waals surface area contributed by atoms with Crippen molar-refractivity contribution >= 4 is 35.0 Å². The second-order valence-corrected chi connectivity index (χ2v) is 5.59. The van der Waals surface area contributed by atoms with E-state index >= 15 is 0 Å². The van der Waals surface area contributed by atoms with Gasteiger partial charge in [-0.15, -0.1) is 11.8 Å². The summed E-state index contributed by atoms with van der Waals surface area (Å²) in [6, 6.07) is 12.3. The van der Waals surface area contributed by atoms with Gasteiger partial charge in [0.2, 0.25) is 5.91 Å². The zero-order valence-electron chi connectivity index (χ0n) is 11.9. The second kappa shape index (κ2) is 7.41. The van der Waals surface area contributed by atoms with Gasteiger partial charge in [0, 0.05) is 28.3 Å². The summed E-state index contributed by atoms with van der Waals surface area (Å²) in [5.41, 5.74) is 5.90. The van der Waals surface area contributed by atoms with E-state index in [2.05, 4.69) is 5.32 Å². The number of carbonyl (C=O) groups excluding carboxylic acids is 2. The van der Waals surface area contributed by atoms with Crippen LogP contribution < -0.4 is 11.1 Å². The Morgan fingerprint density at radius 3 is 2.22 bits per heavy atom. The first-order chi connectivity index (χ1) is 11.0. The molecule has 0 fully saturated rings. The summed E-state index contributed by atoms with van der Waals surface area (Å²) in [4.78, 5) is 33.7. The molecule has 2 aromatic carbocycles. The number of nitrogens with one attached hydrogen (secondary N) is 1. The summed E-state index contributed by atoms with van der Waals surface area (Å²) >= 11 is 1.31. The highest BCUT2D eigenvalue weighted by Gasteiger charge is 2.09. The molecule has 7 nitrogen and oxygen atoms in total. The topological polar surface area (TPSA) is 115 Å². The standard InChI is InChI=1S/C15H13N3O4S/c16-14(19)9-23-13-7-3-11(4-8-13)17-15(20)10-1-5-12(6-2-10)18(21)22/h1-8H,9H2,(H2,16,19)(H,17,20). The minimum atomic E-state index is -0.524. The molecule has 0 aliphatic carbocycles. The van der Waals surface area contributed by atoms with Crippen LogP contribution in [0.4, 0.5) is 11.4 Å². The fraction of sp³-hybridized carbons (Fsp3) is 0.0667. The van der Waals surface area contributed by atoms with Crippen LogP contribution in [0.25, 0.3) is 0 Å². The predicted octanol–water partition coefficient (Wildman–Crippen LogP) is 2.42. The van der Waals surface area contributed by atoms with Gasteiger partial charge in [-0.2, -0.15) is 0 Å². The van der Waals surface area contributed by atoms with E-state index in [0.717, 1.165) is 4.90 Å². The van der Waals surface area contributed by atoms with Gasteiger partial charge in [0.15, 0.2) is 0 Å². The lowest BCUT2D eigenvalue weighted by Gasteiger charge is -2.06. The molecule has 0 aromatic heterocycles. The van der Waals surface area contributed by atoms with E-state index in [1.54, 1.807) is 24.3 Å². The lowest BCUT2D eigenvalue weighted by molar-refractivity contribution is -0.384. The van der Waals surface area contributed by atoms with Crippen molar-refractivity contribution in [2.75, 3.05) is 11.1 Å². The van der Waals surface area contributed by atoms with Gasteiger partial charge in [-0.05, 0) is 36.4 Å². The number of rotatable bonds is 6. The zero-order chi connectivity index (χ0) is 16.8. The Labute approximate surface area is 136 Å². The summed E-state index contributed by atoms with van der Waals surface area (Å²) in [6.07, 6.45) is 0. The number of hydrogen-bond acceptors (Lipinski definition) is 5. The highest BCUT2D eigenvalue weighted by molar-refractivity contribution is 8.00. The second-order valence-electron chi connectivity index (χ2n) is 4.54. The largest absolute Gasteiger partial charge is 0.369 e. The number of non-ortho nitro benzene ring substituents is 1. The average Bonchev–Trinajstić information content (AvgIpc) is 2.54. The molecule has 0 heterocycles. The SMILES string of the molecule is NC(=O)CSc1ccc(NC(=O)c2ccc([N+](=O)[O-])cc2)cc1. The molecule has 23 heavy (non-hydrogen) atoms. The molecular weight excluding hydrogens is 318 g/mol. The Bertz CT molecular complexity index is 729. The van der Waals surface area contributed by atoms with Crippen molar-refractivity contribution in [3.05, 3.63) is 64.2 Å². The molecule has 0 bridgehead atoms. The summed E-state index contributed by atoms with van der Waals surface area (Å²) in [5.74, 6) is -0.572. The van der Waals surface area contributed by atoms with Crippen LogP contribution in [0.15, 0.2) is 53.4 Å². The molecule has 2 rings (SSSR count). The van der Waals surface area contributed by atoms with Gasteiger partial charge >= 0.3 is 0 Å².